The minimum Gasteiger partial charge on any atom is -0.367 e. The van der Waals surface area contributed by atoms with Gasteiger partial charge in [0.2, 0.25) is 0 Å². The van der Waals surface area contributed by atoms with Crippen molar-refractivity contribution in [3.63, 3.8) is 0 Å². The third kappa shape index (κ3) is 3.47. The van der Waals surface area contributed by atoms with E-state index in [4.69, 9.17) is 0 Å². The quantitative estimate of drug-likeness (QED) is 0.914. The van der Waals surface area contributed by atoms with Gasteiger partial charge in [0.15, 0.2) is 0 Å². The standard InChI is InChI=1S/C18H24N2S/c1-18(2,3)19-12-14-6-4-5-7-16(14)20-10-8-17-15(13-20)9-11-21-17/h4-7,9,11,19H,8,10,12-13H2,1-3H3. The zero-order valence-corrected chi connectivity index (χ0v) is 14.0. The average Bonchev–Trinajstić information content (AvgIpc) is 2.92. The lowest BCUT2D eigenvalue weighted by Crippen LogP contribution is -2.36. The molecule has 2 nitrogen and oxygen atoms in total. The molecule has 1 aliphatic rings. The summed E-state index contributed by atoms with van der Waals surface area (Å²) < 4.78 is 0. The number of rotatable bonds is 3. The van der Waals surface area contributed by atoms with Crippen molar-refractivity contribution >= 4 is 17.0 Å². The molecule has 3 heteroatoms. The van der Waals surface area contributed by atoms with Crippen LogP contribution >= 0.6 is 11.3 Å². The van der Waals surface area contributed by atoms with Crippen molar-refractivity contribution < 1.29 is 0 Å². The number of nitrogens with zero attached hydrogens (tertiary/aromatic N) is 1. The maximum Gasteiger partial charge on any atom is 0.0440 e. The molecule has 1 N–H and O–H groups in total. The Morgan fingerprint density at radius 1 is 1.19 bits per heavy atom. The molecule has 0 saturated heterocycles. The second-order valence-corrected chi connectivity index (χ2v) is 7.77. The second kappa shape index (κ2) is 5.82. The normalized spacial score (nSPS) is 15.1. The predicted octanol–water partition coefficient (Wildman–Crippen LogP) is 4.20. The Hall–Kier alpha value is -1.32. The molecule has 2 aromatic rings. The molecule has 0 amide bonds. The Kier molecular flexibility index (Phi) is 4.05. The van der Waals surface area contributed by atoms with Crippen LogP contribution in [0.5, 0.6) is 0 Å². The van der Waals surface area contributed by atoms with Crippen molar-refractivity contribution in [1.29, 1.82) is 0 Å². The van der Waals surface area contributed by atoms with Crippen LogP contribution in [0.2, 0.25) is 0 Å². The molecule has 0 spiro atoms. The molecule has 3 rings (SSSR count). The Morgan fingerprint density at radius 3 is 2.81 bits per heavy atom. The highest BCUT2D eigenvalue weighted by Gasteiger charge is 2.19. The summed E-state index contributed by atoms with van der Waals surface area (Å²) in [5, 5.41) is 5.83. The first kappa shape index (κ1) is 14.6. The van der Waals surface area contributed by atoms with Crippen LogP contribution in [0.3, 0.4) is 0 Å². The zero-order chi connectivity index (χ0) is 14.9. The van der Waals surface area contributed by atoms with Gasteiger partial charge in [0.1, 0.15) is 0 Å². The Balaban J connectivity index is 1.79. The molecule has 0 unspecified atom stereocenters. The van der Waals surface area contributed by atoms with Gasteiger partial charge in [-0.3, -0.25) is 0 Å². The van der Waals surface area contributed by atoms with Crippen LogP contribution in [0.15, 0.2) is 35.7 Å². The van der Waals surface area contributed by atoms with Crippen molar-refractivity contribution in [2.24, 2.45) is 0 Å². The van der Waals surface area contributed by atoms with E-state index in [0.717, 1.165) is 19.6 Å². The molecule has 112 valence electrons. The van der Waals surface area contributed by atoms with Gasteiger partial charge in [-0.2, -0.15) is 0 Å². The number of fused-ring (bicyclic) bond motifs is 1. The van der Waals surface area contributed by atoms with Gasteiger partial charge in [-0.1, -0.05) is 18.2 Å². The molecule has 21 heavy (non-hydrogen) atoms. The second-order valence-electron chi connectivity index (χ2n) is 6.77. The lowest BCUT2D eigenvalue weighted by atomic mass is 10.0. The van der Waals surface area contributed by atoms with E-state index in [2.05, 4.69) is 66.7 Å². The highest BCUT2D eigenvalue weighted by Crippen LogP contribution is 2.29. The Morgan fingerprint density at radius 2 is 2.00 bits per heavy atom. The summed E-state index contributed by atoms with van der Waals surface area (Å²) in [4.78, 5) is 4.09. The number of nitrogens with one attached hydrogen (secondary N) is 1. The number of hydrogen-bond acceptors (Lipinski definition) is 3. The molecule has 1 aromatic heterocycles. The number of anilines is 1. The zero-order valence-electron chi connectivity index (χ0n) is 13.1. The SMILES string of the molecule is CC(C)(C)NCc1ccccc1N1CCc2sccc2C1. The lowest BCUT2D eigenvalue weighted by molar-refractivity contribution is 0.424. The summed E-state index contributed by atoms with van der Waals surface area (Å²) in [7, 11) is 0. The van der Waals surface area contributed by atoms with Crippen molar-refractivity contribution in [2.45, 2.75) is 45.8 Å². The summed E-state index contributed by atoms with van der Waals surface area (Å²) >= 11 is 1.90. The lowest BCUT2D eigenvalue weighted by Gasteiger charge is -2.31. The fourth-order valence-corrected chi connectivity index (χ4v) is 3.67. The minimum absolute atomic E-state index is 0.148. The Labute approximate surface area is 131 Å². The van der Waals surface area contributed by atoms with E-state index >= 15 is 0 Å². The van der Waals surface area contributed by atoms with Crippen LogP contribution in [0.4, 0.5) is 5.69 Å². The van der Waals surface area contributed by atoms with Crippen LogP contribution < -0.4 is 10.2 Å². The molecule has 1 aromatic carbocycles. The summed E-state index contributed by atoms with van der Waals surface area (Å²) in [5.74, 6) is 0. The summed E-state index contributed by atoms with van der Waals surface area (Å²) in [6.45, 7) is 9.74. The van der Waals surface area contributed by atoms with E-state index in [1.165, 1.54) is 23.2 Å². The van der Waals surface area contributed by atoms with Gasteiger partial charge in [-0.05, 0) is 55.8 Å². The maximum absolute atomic E-state index is 3.61. The molecule has 0 saturated carbocycles. The van der Waals surface area contributed by atoms with Crippen LogP contribution in [0, 0.1) is 0 Å². The number of para-hydroxylation sites is 1. The fraction of sp³-hybridized carbons (Fsp3) is 0.444. The number of hydrogen-bond donors (Lipinski definition) is 1. The van der Waals surface area contributed by atoms with Crippen molar-refractivity contribution in [3.8, 4) is 0 Å². The first-order chi connectivity index (χ1) is 10.0. The summed E-state index contributed by atoms with van der Waals surface area (Å²) in [6.07, 6.45) is 1.17. The van der Waals surface area contributed by atoms with Crippen molar-refractivity contribution in [3.05, 3.63) is 51.7 Å². The van der Waals surface area contributed by atoms with E-state index < -0.39 is 0 Å². The van der Waals surface area contributed by atoms with Gasteiger partial charge in [0, 0.05) is 35.7 Å². The van der Waals surface area contributed by atoms with Crippen LogP contribution in [0.25, 0.3) is 0 Å². The first-order valence-electron chi connectivity index (χ1n) is 7.66. The van der Waals surface area contributed by atoms with Gasteiger partial charge in [-0.15, -0.1) is 11.3 Å². The number of benzene rings is 1. The smallest absolute Gasteiger partial charge is 0.0440 e. The molecule has 0 fully saturated rings. The predicted molar refractivity (Wildman–Crippen MR) is 92.1 cm³/mol. The van der Waals surface area contributed by atoms with Crippen LogP contribution in [-0.4, -0.2) is 12.1 Å². The molecule has 0 radical (unpaired) electrons. The highest BCUT2D eigenvalue weighted by atomic mass is 32.1. The van der Waals surface area contributed by atoms with E-state index in [1.807, 2.05) is 11.3 Å². The highest BCUT2D eigenvalue weighted by molar-refractivity contribution is 7.10. The van der Waals surface area contributed by atoms with Crippen molar-refractivity contribution in [2.75, 3.05) is 11.4 Å². The molecule has 0 atom stereocenters. The van der Waals surface area contributed by atoms with E-state index in [9.17, 15) is 0 Å². The summed E-state index contributed by atoms with van der Waals surface area (Å²) in [6, 6.07) is 11.1. The Bertz CT molecular complexity index is 610. The van der Waals surface area contributed by atoms with E-state index in [0.29, 0.717) is 0 Å². The third-order valence-electron chi connectivity index (χ3n) is 3.95. The van der Waals surface area contributed by atoms with E-state index in [-0.39, 0.29) is 5.54 Å². The molecular weight excluding hydrogens is 276 g/mol. The maximum atomic E-state index is 3.61. The average molecular weight is 300 g/mol. The largest absolute Gasteiger partial charge is 0.367 e. The topological polar surface area (TPSA) is 15.3 Å². The van der Waals surface area contributed by atoms with Gasteiger partial charge >= 0.3 is 0 Å². The summed E-state index contributed by atoms with van der Waals surface area (Å²) in [5.41, 5.74) is 4.43. The third-order valence-corrected chi connectivity index (χ3v) is 4.97. The first-order valence-corrected chi connectivity index (χ1v) is 8.54. The minimum atomic E-state index is 0.148. The van der Waals surface area contributed by atoms with Gasteiger partial charge in [-0.25, -0.2) is 0 Å². The molecular formula is C18H24N2S. The number of thiophene rings is 1. The van der Waals surface area contributed by atoms with Gasteiger partial charge in [0.25, 0.3) is 0 Å². The fourth-order valence-electron chi connectivity index (χ4n) is 2.78. The van der Waals surface area contributed by atoms with E-state index in [1.54, 1.807) is 4.88 Å². The molecule has 0 aliphatic carbocycles. The van der Waals surface area contributed by atoms with Crippen molar-refractivity contribution in [1.82, 2.24) is 5.32 Å². The van der Waals surface area contributed by atoms with Gasteiger partial charge < -0.3 is 10.2 Å². The van der Waals surface area contributed by atoms with Crippen LogP contribution in [0.1, 0.15) is 36.8 Å². The van der Waals surface area contributed by atoms with Crippen LogP contribution in [-0.2, 0) is 19.5 Å². The van der Waals surface area contributed by atoms with Gasteiger partial charge in [0.05, 0.1) is 0 Å². The molecule has 2 heterocycles. The monoisotopic (exact) mass is 300 g/mol. The molecule has 1 aliphatic heterocycles. The molecule has 0 bridgehead atoms.